The van der Waals surface area contributed by atoms with Crippen LogP contribution in [-0.2, 0) is 11.2 Å². The van der Waals surface area contributed by atoms with Gasteiger partial charge in [0.1, 0.15) is 0 Å². The van der Waals surface area contributed by atoms with E-state index in [9.17, 15) is 14.4 Å². The summed E-state index contributed by atoms with van der Waals surface area (Å²) in [6.45, 7) is 0. The molecular formula is C24H26N4O3S2. The number of rotatable bonds is 7. The number of carbonyl (C=O) groups excluding carboxylic acids is 3. The van der Waals surface area contributed by atoms with Gasteiger partial charge in [0.2, 0.25) is 5.91 Å². The summed E-state index contributed by atoms with van der Waals surface area (Å²) in [5, 5.41) is 9.64. The van der Waals surface area contributed by atoms with E-state index >= 15 is 0 Å². The Balaban J connectivity index is 1.28. The van der Waals surface area contributed by atoms with Gasteiger partial charge in [-0.25, -0.2) is 4.98 Å². The number of hydrogen-bond acceptors (Lipinski definition) is 6. The lowest BCUT2D eigenvalue weighted by Gasteiger charge is -2.31. The molecule has 172 valence electrons. The van der Waals surface area contributed by atoms with Crippen LogP contribution in [0.4, 0.5) is 10.8 Å². The Morgan fingerprint density at radius 1 is 1.03 bits per heavy atom. The molecule has 4 rings (SSSR count). The number of nitrogens with zero attached hydrogens (tertiary/aromatic N) is 2. The van der Waals surface area contributed by atoms with Gasteiger partial charge in [0.15, 0.2) is 5.13 Å². The maximum absolute atomic E-state index is 12.8. The third kappa shape index (κ3) is 6.06. The van der Waals surface area contributed by atoms with Crippen LogP contribution in [-0.4, -0.2) is 40.7 Å². The molecule has 3 aromatic rings. The summed E-state index contributed by atoms with van der Waals surface area (Å²) < 4.78 is 0. The quantitative estimate of drug-likeness (QED) is 0.493. The molecule has 9 heteroatoms. The molecule has 0 radical (unpaired) electrons. The number of amides is 3. The van der Waals surface area contributed by atoms with Gasteiger partial charge in [0.05, 0.1) is 17.0 Å². The Morgan fingerprint density at radius 2 is 1.79 bits per heavy atom. The van der Waals surface area contributed by atoms with Crippen LogP contribution in [0.3, 0.4) is 0 Å². The lowest BCUT2D eigenvalue weighted by Crippen LogP contribution is -2.38. The number of aromatic nitrogens is 1. The molecule has 3 amide bonds. The summed E-state index contributed by atoms with van der Waals surface area (Å²) in [7, 11) is 1.87. The van der Waals surface area contributed by atoms with Gasteiger partial charge in [0, 0.05) is 29.7 Å². The molecule has 0 saturated heterocycles. The van der Waals surface area contributed by atoms with Gasteiger partial charge >= 0.3 is 0 Å². The van der Waals surface area contributed by atoms with Crippen LogP contribution in [0.25, 0.3) is 0 Å². The van der Waals surface area contributed by atoms with Crippen molar-refractivity contribution in [2.45, 2.75) is 44.6 Å². The van der Waals surface area contributed by atoms with E-state index in [0.717, 1.165) is 12.8 Å². The van der Waals surface area contributed by atoms with Crippen LogP contribution >= 0.6 is 22.7 Å². The first-order valence-corrected chi connectivity index (χ1v) is 12.7. The molecule has 7 nitrogen and oxygen atoms in total. The Labute approximate surface area is 200 Å². The van der Waals surface area contributed by atoms with Crippen LogP contribution in [0, 0.1) is 0 Å². The molecule has 2 N–H and O–H groups in total. The van der Waals surface area contributed by atoms with Crippen molar-refractivity contribution in [2.24, 2.45) is 0 Å². The molecule has 2 aromatic heterocycles. The second-order valence-corrected chi connectivity index (χ2v) is 9.89. The molecule has 1 aliphatic rings. The fraction of sp³-hybridized carbons (Fsp3) is 0.333. The standard InChI is InChI=1S/C24H26N4O3S2/c1-28(19-6-3-2-4-7-19)23(31)16-9-11-17(12-10-16)25-21(29)14-18-15-33-24(26-18)27-22(30)20-8-5-13-32-20/h5,8-13,15,19H,2-4,6-7,14H2,1H3,(H,25,29)(H,26,27,30). The number of benzene rings is 1. The van der Waals surface area contributed by atoms with E-state index in [1.54, 1.807) is 35.7 Å². The highest BCUT2D eigenvalue weighted by Crippen LogP contribution is 2.23. The minimum atomic E-state index is -0.213. The smallest absolute Gasteiger partial charge is 0.267 e. The Hall–Kier alpha value is -3.04. The summed E-state index contributed by atoms with van der Waals surface area (Å²) in [6, 6.07) is 10.9. The Bertz CT molecular complexity index is 1100. The lowest BCUT2D eigenvalue weighted by atomic mass is 9.94. The zero-order valence-electron chi connectivity index (χ0n) is 18.4. The van der Waals surface area contributed by atoms with Crippen molar-refractivity contribution in [3.05, 3.63) is 63.3 Å². The van der Waals surface area contributed by atoms with E-state index in [4.69, 9.17) is 0 Å². The number of carbonyl (C=O) groups is 3. The van der Waals surface area contributed by atoms with E-state index in [2.05, 4.69) is 15.6 Å². The number of thiophene rings is 1. The minimum Gasteiger partial charge on any atom is -0.339 e. The number of hydrogen-bond donors (Lipinski definition) is 2. The summed E-state index contributed by atoms with van der Waals surface area (Å²) in [5.41, 5.74) is 1.82. The summed E-state index contributed by atoms with van der Waals surface area (Å²) in [4.78, 5) is 44.1. The van der Waals surface area contributed by atoms with Crippen molar-refractivity contribution >= 4 is 51.2 Å². The maximum atomic E-state index is 12.8. The molecular weight excluding hydrogens is 456 g/mol. The van der Waals surface area contributed by atoms with E-state index in [1.807, 2.05) is 23.4 Å². The molecule has 1 fully saturated rings. The average Bonchev–Trinajstić information content (AvgIpc) is 3.52. The summed E-state index contributed by atoms with van der Waals surface area (Å²) in [6.07, 6.45) is 5.82. The van der Waals surface area contributed by atoms with Crippen molar-refractivity contribution < 1.29 is 14.4 Å². The molecule has 0 bridgehead atoms. The van der Waals surface area contributed by atoms with Crippen LogP contribution in [0.2, 0.25) is 0 Å². The van der Waals surface area contributed by atoms with Gasteiger partial charge < -0.3 is 10.2 Å². The minimum absolute atomic E-state index is 0.0133. The fourth-order valence-electron chi connectivity index (χ4n) is 3.92. The van der Waals surface area contributed by atoms with Gasteiger partial charge in [-0.05, 0) is 48.6 Å². The highest BCUT2D eigenvalue weighted by Gasteiger charge is 2.23. The second kappa shape index (κ2) is 10.7. The van der Waals surface area contributed by atoms with Crippen LogP contribution in [0.15, 0.2) is 47.2 Å². The molecule has 2 heterocycles. The number of anilines is 2. The third-order valence-electron chi connectivity index (χ3n) is 5.72. The Morgan fingerprint density at radius 3 is 2.48 bits per heavy atom. The van der Waals surface area contributed by atoms with Crippen molar-refractivity contribution in [1.29, 1.82) is 0 Å². The second-order valence-electron chi connectivity index (χ2n) is 8.09. The van der Waals surface area contributed by atoms with E-state index in [-0.39, 0.29) is 24.1 Å². The zero-order chi connectivity index (χ0) is 23.2. The highest BCUT2D eigenvalue weighted by atomic mass is 32.1. The predicted octanol–water partition coefficient (Wildman–Crippen LogP) is 5.04. The lowest BCUT2D eigenvalue weighted by molar-refractivity contribution is -0.115. The van der Waals surface area contributed by atoms with Gasteiger partial charge in [-0.15, -0.1) is 22.7 Å². The van der Waals surface area contributed by atoms with Crippen LogP contribution in [0.1, 0.15) is 57.8 Å². The first-order valence-electron chi connectivity index (χ1n) is 11.0. The van der Waals surface area contributed by atoms with Crippen molar-refractivity contribution in [3.8, 4) is 0 Å². The third-order valence-corrected chi connectivity index (χ3v) is 7.39. The monoisotopic (exact) mass is 482 g/mol. The topological polar surface area (TPSA) is 91.4 Å². The van der Waals surface area contributed by atoms with Crippen LogP contribution in [0.5, 0.6) is 0 Å². The number of nitrogens with one attached hydrogen (secondary N) is 2. The van der Waals surface area contributed by atoms with Crippen molar-refractivity contribution in [2.75, 3.05) is 17.7 Å². The first-order chi connectivity index (χ1) is 16.0. The molecule has 0 aliphatic heterocycles. The van der Waals surface area contributed by atoms with E-state index in [0.29, 0.717) is 33.0 Å². The van der Waals surface area contributed by atoms with Crippen LogP contribution < -0.4 is 10.6 Å². The predicted molar refractivity (Wildman–Crippen MR) is 132 cm³/mol. The molecule has 1 aromatic carbocycles. The molecule has 1 aliphatic carbocycles. The largest absolute Gasteiger partial charge is 0.339 e. The van der Waals surface area contributed by atoms with Gasteiger partial charge in [-0.1, -0.05) is 25.3 Å². The SMILES string of the molecule is CN(C(=O)c1ccc(NC(=O)Cc2csc(NC(=O)c3cccs3)n2)cc1)C1CCCCC1. The average molecular weight is 483 g/mol. The Kier molecular flexibility index (Phi) is 7.51. The molecule has 0 atom stereocenters. The molecule has 33 heavy (non-hydrogen) atoms. The van der Waals surface area contributed by atoms with Crippen molar-refractivity contribution in [3.63, 3.8) is 0 Å². The first kappa shape index (κ1) is 23.1. The summed E-state index contributed by atoms with van der Waals surface area (Å²) >= 11 is 2.64. The normalized spacial score (nSPS) is 14.0. The van der Waals surface area contributed by atoms with E-state index in [1.165, 1.54) is 41.9 Å². The molecule has 0 unspecified atom stereocenters. The van der Waals surface area contributed by atoms with Gasteiger partial charge in [0.25, 0.3) is 11.8 Å². The fourth-order valence-corrected chi connectivity index (χ4v) is 5.24. The molecule has 1 saturated carbocycles. The van der Waals surface area contributed by atoms with Crippen molar-refractivity contribution in [1.82, 2.24) is 9.88 Å². The van der Waals surface area contributed by atoms with Gasteiger partial charge in [-0.3, -0.25) is 19.7 Å². The van der Waals surface area contributed by atoms with Gasteiger partial charge in [-0.2, -0.15) is 0 Å². The summed E-state index contributed by atoms with van der Waals surface area (Å²) in [5.74, 6) is -0.409. The number of thiazole rings is 1. The highest BCUT2D eigenvalue weighted by molar-refractivity contribution is 7.14. The maximum Gasteiger partial charge on any atom is 0.267 e. The zero-order valence-corrected chi connectivity index (χ0v) is 20.0. The molecule has 0 spiro atoms. The van der Waals surface area contributed by atoms with E-state index < -0.39 is 0 Å².